The third kappa shape index (κ3) is 4.86. The molecule has 0 unspecified atom stereocenters. The maximum Gasteiger partial charge on any atom is 0.293 e. The second-order valence-electron chi connectivity index (χ2n) is 8.67. The monoisotopic (exact) mass is 462 g/mol. The number of amides is 2. The Hall–Kier alpha value is -2.99. The molecule has 33 heavy (non-hydrogen) atoms. The van der Waals surface area contributed by atoms with E-state index in [1.54, 1.807) is 0 Å². The number of rotatable bonds is 8. The van der Waals surface area contributed by atoms with E-state index in [4.69, 9.17) is 4.74 Å². The number of ether oxygens (including phenoxy) is 1. The van der Waals surface area contributed by atoms with Crippen LogP contribution in [0.25, 0.3) is 17.0 Å². The van der Waals surface area contributed by atoms with Gasteiger partial charge in [0.25, 0.3) is 11.1 Å². The Kier molecular flexibility index (Phi) is 6.94. The van der Waals surface area contributed by atoms with Gasteiger partial charge in [-0.15, -0.1) is 0 Å². The fourth-order valence-electron chi connectivity index (χ4n) is 4.14. The molecule has 0 radical (unpaired) electrons. The van der Waals surface area contributed by atoms with E-state index in [2.05, 4.69) is 55.8 Å². The molecule has 2 aromatic carbocycles. The zero-order valence-corrected chi connectivity index (χ0v) is 20.4. The van der Waals surface area contributed by atoms with Crippen LogP contribution >= 0.6 is 11.8 Å². The van der Waals surface area contributed by atoms with Crippen molar-refractivity contribution in [3.05, 3.63) is 70.3 Å². The summed E-state index contributed by atoms with van der Waals surface area (Å²) in [6.07, 6.45) is 4.93. The van der Waals surface area contributed by atoms with Gasteiger partial charge in [-0.1, -0.05) is 51.1 Å². The number of hydrogen-bond donors (Lipinski definition) is 0. The summed E-state index contributed by atoms with van der Waals surface area (Å²) < 4.78 is 8.20. The molecule has 2 heterocycles. The number of para-hydroxylation sites is 1. The quantitative estimate of drug-likeness (QED) is 0.354. The largest absolute Gasteiger partial charge is 0.491 e. The molecule has 1 saturated heterocycles. The highest BCUT2D eigenvalue weighted by Gasteiger charge is 2.35. The Balaban J connectivity index is 1.49. The molecule has 3 aromatic rings. The number of aryl methyl sites for hydroxylation is 2. The van der Waals surface area contributed by atoms with Crippen molar-refractivity contribution in [2.24, 2.45) is 0 Å². The van der Waals surface area contributed by atoms with Crippen molar-refractivity contribution in [3.63, 3.8) is 0 Å². The van der Waals surface area contributed by atoms with E-state index in [0.717, 1.165) is 58.1 Å². The van der Waals surface area contributed by atoms with Crippen LogP contribution in [0.2, 0.25) is 0 Å². The van der Waals surface area contributed by atoms with Gasteiger partial charge in [0.2, 0.25) is 0 Å². The predicted octanol–water partition coefficient (Wildman–Crippen LogP) is 6.60. The fraction of sp³-hybridized carbons (Fsp3) is 0.333. The first-order valence-corrected chi connectivity index (χ1v) is 12.3. The zero-order chi connectivity index (χ0) is 23.5. The Morgan fingerprint density at radius 1 is 1.09 bits per heavy atom. The lowest BCUT2D eigenvalue weighted by Crippen LogP contribution is -2.32. The third-order valence-electron chi connectivity index (χ3n) is 5.81. The predicted molar refractivity (Wildman–Crippen MR) is 136 cm³/mol. The number of carbonyl (C=O) groups excluding carboxylic acids is 2. The number of aromatic nitrogens is 1. The molecule has 0 saturated carbocycles. The van der Waals surface area contributed by atoms with Gasteiger partial charge in [0.05, 0.1) is 11.4 Å². The summed E-state index contributed by atoms with van der Waals surface area (Å²) in [5.41, 5.74) is 4.34. The van der Waals surface area contributed by atoms with Crippen LogP contribution in [0.1, 0.15) is 49.8 Å². The van der Waals surface area contributed by atoms with Gasteiger partial charge in [-0.2, -0.15) is 0 Å². The maximum absolute atomic E-state index is 13.0. The van der Waals surface area contributed by atoms with E-state index in [0.29, 0.717) is 10.8 Å². The van der Waals surface area contributed by atoms with E-state index < -0.39 is 0 Å². The number of benzene rings is 2. The summed E-state index contributed by atoms with van der Waals surface area (Å²) >= 11 is 0.998. The number of fused-ring (bicyclic) bond motifs is 1. The first kappa shape index (κ1) is 23.2. The minimum atomic E-state index is -0.255. The van der Waals surface area contributed by atoms with Crippen molar-refractivity contribution in [2.75, 3.05) is 13.2 Å². The van der Waals surface area contributed by atoms with Crippen molar-refractivity contribution in [3.8, 4) is 5.75 Å². The van der Waals surface area contributed by atoms with Crippen LogP contribution < -0.4 is 4.74 Å². The Bertz CT molecular complexity index is 1230. The summed E-state index contributed by atoms with van der Waals surface area (Å²) in [6.45, 7) is 9.81. The molecule has 0 bridgehead atoms. The number of thioether (sulfide) groups is 1. The summed E-state index contributed by atoms with van der Waals surface area (Å²) in [5, 5.41) is 0.835. The topological polar surface area (TPSA) is 51.5 Å². The SMILES string of the molecule is CCCn1cc(/C=C2\SC(=O)N(CCOc3cc(C)ccc3C(C)C)C2=O)c2ccccc21. The van der Waals surface area contributed by atoms with Crippen molar-refractivity contribution >= 4 is 39.9 Å². The Morgan fingerprint density at radius 2 is 1.88 bits per heavy atom. The molecule has 6 heteroatoms. The molecule has 0 N–H and O–H groups in total. The lowest BCUT2D eigenvalue weighted by molar-refractivity contribution is -0.123. The van der Waals surface area contributed by atoms with Crippen molar-refractivity contribution < 1.29 is 14.3 Å². The smallest absolute Gasteiger partial charge is 0.293 e. The minimum absolute atomic E-state index is 0.227. The summed E-state index contributed by atoms with van der Waals surface area (Å²) in [4.78, 5) is 27.3. The van der Waals surface area contributed by atoms with Gasteiger partial charge >= 0.3 is 0 Å². The van der Waals surface area contributed by atoms with Gasteiger partial charge in [-0.25, -0.2) is 0 Å². The van der Waals surface area contributed by atoms with Crippen LogP contribution in [0.3, 0.4) is 0 Å². The van der Waals surface area contributed by atoms with E-state index in [9.17, 15) is 9.59 Å². The van der Waals surface area contributed by atoms with Gasteiger partial charge in [0.15, 0.2) is 0 Å². The van der Waals surface area contributed by atoms with Crippen molar-refractivity contribution in [2.45, 2.75) is 46.6 Å². The standard InChI is InChI=1S/C27H30N2O3S/c1-5-12-28-17-20(22-8-6-7-9-23(22)28)16-25-26(30)29(27(31)33-25)13-14-32-24-15-19(4)10-11-21(24)18(2)3/h6-11,15-18H,5,12-14H2,1-4H3/b25-16-. The summed E-state index contributed by atoms with van der Waals surface area (Å²) in [6, 6.07) is 14.3. The number of nitrogens with zero attached hydrogens (tertiary/aromatic N) is 2. The van der Waals surface area contributed by atoms with Crippen LogP contribution in [0.15, 0.2) is 53.6 Å². The molecule has 0 aliphatic carbocycles. The van der Waals surface area contributed by atoms with Crippen LogP contribution in [0.4, 0.5) is 4.79 Å². The maximum atomic E-state index is 13.0. The highest BCUT2D eigenvalue weighted by molar-refractivity contribution is 8.18. The van der Waals surface area contributed by atoms with Gasteiger partial charge in [-0.05, 0) is 60.4 Å². The average Bonchev–Trinajstić information content (AvgIpc) is 3.26. The molecular formula is C27H30N2O3S. The molecule has 5 nitrogen and oxygen atoms in total. The van der Waals surface area contributed by atoms with Crippen LogP contribution in [-0.2, 0) is 11.3 Å². The molecule has 1 fully saturated rings. The number of hydrogen-bond acceptors (Lipinski definition) is 4. The first-order valence-electron chi connectivity index (χ1n) is 11.5. The highest BCUT2D eigenvalue weighted by Crippen LogP contribution is 2.34. The average molecular weight is 463 g/mol. The lowest BCUT2D eigenvalue weighted by atomic mass is 10.0. The van der Waals surface area contributed by atoms with Gasteiger partial charge < -0.3 is 9.30 Å². The van der Waals surface area contributed by atoms with Crippen molar-refractivity contribution in [1.82, 2.24) is 9.47 Å². The van der Waals surface area contributed by atoms with Gasteiger partial charge in [-0.3, -0.25) is 14.5 Å². The van der Waals surface area contributed by atoms with Crippen LogP contribution in [0.5, 0.6) is 5.75 Å². The summed E-state index contributed by atoms with van der Waals surface area (Å²) in [5.74, 6) is 0.890. The molecule has 1 aliphatic heterocycles. The highest BCUT2D eigenvalue weighted by atomic mass is 32.2. The molecule has 2 amide bonds. The molecule has 0 atom stereocenters. The minimum Gasteiger partial charge on any atom is -0.491 e. The second-order valence-corrected chi connectivity index (χ2v) is 9.67. The zero-order valence-electron chi connectivity index (χ0n) is 19.6. The number of imide groups is 1. The second kappa shape index (κ2) is 9.87. The normalized spacial score (nSPS) is 15.4. The Labute approximate surface area is 199 Å². The first-order chi connectivity index (χ1) is 15.9. The molecular weight excluding hydrogens is 432 g/mol. The Morgan fingerprint density at radius 3 is 2.64 bits per heavy atom. The van der Waals surface area contributed by atoms with Gasteiger partial charge in [0, 0.05) is 29.2 Å². The van der Waals surface area contributed by atoms with Crippen LogP contribution in [-0.4, -0.2) is 33.8 Å². The fourth-order valence-corrected chi connectivity index (χ4v) is 5.00. The van der Waals surface area contributed by atoms with Gasteiger partial charge in [0.1, 0.15) is 12.4 Å². The lowest BCUT2D eigenvalue weighted by Gasteiger charge is -2.17. The molecule has 0 spiro atoms. The molecule has 172 valence electrons. The molecule has 1 aromatic heterocycles. The van der Waals surface area contributed by atoms with Crippen molar-refractivity contribution in [1.29, 1.82) is 0 Å². The van der Waals surface area contributed by atoms with E-state index in [-0.39, 0.29) is 24.3 Å². The third-order valence-corrected chi connectivity index (χ3v) is 6.72. The number of carbonyl (C=O) groups is 2. The van der Waals surface area contributed by atoms with E-state index >= 15 is 0 Å². The van der Waals surface area contributed by atoms with E-state index in [1.165, 1.54) is 4.90 Å². The van der Waals surface area contributed by atoms with Crippen LogP contribution in [0, 0.1) is 6.92 Å². The van der Waals surface area contributed by atoms with E-state index in [1.807, 2.05) is 31.2 Å². The molecule has 4 rings (SSSR count). The molecule has 1 aliphatic rings. The summed E-state index contributed by atoms with van der Waals surface area (Å²) in [7, 11) is 0.